The van der Waals surface area contributed by atoms with Crippen molar-refractivity contribution in [3.05, 3.63) is 89.0 Å². The van der Waals surface area contributed by atoms with Crippen LogP contribution in [-0.2, 0) is 32.0 Å². The Labute approximate surface area is 269 Å². The molecular formula is C39H40O7. The minimum Gasteiger partial charge on any atom is -0.507 e. The van der Waals surface area contributed by atoms with Crippen LogP contribution in [0.2, 0.25) is 0 Å². The van der Waals surface area contributed by atoms with E-state index in [4.69, 9.17) is 0 Å². The number of hydrogen-bond donors (Lipinski definition) is 2. The fourth-order valence-electron chi connectivity index (χ4n) is 9.28. The van der Waals surface area contributed by atoms with Crippen LogP contribution in [0.25, 0.3) is 11.1 Å². The van der Waals surface area contributed by atoms with Crippen LogP contribution < -0.4 is 0 Å². The van der Waals surface area contributed by atoms with Gasteiger partial charge in [-0.15, -0.1) is 0 Å². The highest BCUT2D eigenvalue weighted by molar-refractivity contribution is 6.32. The van der Waals surface area contributed by atoms with Gasteiger partial charge in [0.05, 0.1) is 11.5 Å². The molecule has 0 saturated heterocycles. The molecule has 2 aromatic carbocycles. The van der Waals surface area contributed by atoms with Gasteiger partial charge in [0.1, 0.15) is 17.5 Å². The first-order valence-corrected chi connectivity index (χ1v) is 15.9. The number of allylic oxidation sites excluding steroid dienone is 5. The summed E-state index contributed by atoms with van der Waals surface area (Å²) in [6.07, 6.45) is 7.99. The minimum absolute atomic E-state index is 0.00140. The van der Waals surface area contributed by atoms with E-state index in [1.54, 1.807) is 33.8 Å². The van der Waals surface area contributed by atoms with Gasteiger partial charge in [0.25, 0.3) is 0 Å². The third-order valence-electron chi connectivity index (χ3n) is 11.2. The molecule has 6 atom stereocenters. The van der Waals surface area contributed by atoms with Gasteiger partial charge in [-0.3, -0.25) is 24.0 Å². The Balaban J connectivity index is 1.43. The fourth-order valence-corrected chi connectivity index (χ4v) is 9.28. The highest BCUT2D eigenvalue weighted by atomic mass is 16.3. The fraction of sp³-hybridized carbons (Fsp3) is 0.410. The summed E-state index contributed by atoms with van der Waals surface area (Å²) in [7, 11) is 0. The average molecular weight is 621 g/mol. The average Bonchev–Trinajstić information content (AvgIpc) is 3.51. The summed E-state index contributed by atoms with van der Waals surface area (Å²) in [6.45, 7) is 12.3. The van der Waals surface area contributed by atoms with Crippen molar-refractivity contribution in [2.75, 3.05) is 0 Å². The summed E-state index contributed by atoms with van der Waals surface area (Å²) in [6, 6.07) is 11.2. The summed E-state index contributed by atoms with van der Waals surface area (Å²) in [5.74, 6) is -8.97. The van der Waals surface area contributed by atoms with Gasteiger partial charge >= 0.3 is 0 Å². The summed E-state index contributed by atoms with van der Waals surface area (Å²) in [5, 5.41) is 23.2. The van der Waals surface area contributed by atoms with E-state index in [-0.39, 0.29) is 24.2 Å². The second kappa shape index (κ2) is 10.7. The number of hydrogen-bond acceptors (Lipinski definition) is 7. The molecule has 4 aliphatic carbocycles. The first kappa shape index (κ1) is 31.7. The number of benzene rings is 2. The molecule has 0 spiro atoms. The van der Waals surface area contributed by atoms with Crippen molar-refractivity contribution in [3.8, 4) is 16.9 Å². The van der Waals surface area contributed by atoms with E-state index in [0.717, 1.165) is 35.6 Å². The highest BCUT2D eigenvalue weighted by Crippen LogP contribution is 2.64. The van der Waals surface area contributed by atoms with Crippen LogP contribution in [0.15, 0.2) is 72.4 Å². The number of ketones is 5. The molecule has 0 radical (unpaired) electrons. The van der Waals surface area contributed by atoms with Crippen LogP contribution in [0.4, 0.5) is 0 Å². The number of phenols is 1. The number of aromatic hydroxyl groups is 1. The molecule has 6 rings (SSSR count). The van der Waals surface area contributed by atoms with Crippen molar-refractivity contribution in [2.45, 2.75) is 65.9 Å². The zero-order valence-corrected chi connectivity index (χ0v) is 27.0. The molecule has 2 N–H and O–H groups in total. The van der Waals surface area contributed by atoms with E-state index < -0.39 is 69.0 Å². The number of phenolic OH excluding ortho intramolecular Hbond substituents is 1. The summed E-state index contributed by atoms with van der Waals surface area (Å²) in [4.78, 5) is 69.0. The van der Waals surface area contributed by atoms with Gasteiger partial charge in [0, 0.05) is 11.3 Å². The van der Waals surface area contributed by atoms with E-state index in [2.05, 4.69) is 18.7 Å². The summed E-state index contributed by atoms with van der Waals surface area (Å²) >= 11 is 0. The van der Waals surface area contributed by atoms with Crippen LogP contribution in [0.1, 0.15) is 68.9 Å². The molecule has 0 bridgehead atoms. The maximum absolute atomic E-state index is 14.5. The zero-order chi connectivity index (χ0) is 33.5. The van der Waals surface area contributed by atoms with E-state index in [1.165, 1.54) is 11.6 Å². The Morgan fingerprint density at radius 2 is 1.70 bits per heavy atom. The number of Topliss-reactive ketones (excluding diaryl/α,β-unsaturated/α-hetero) is 5. The van der Waals surface area contributed by atoms with Crippen LogP contribution in [0.3, 0.4) is 0 Å². The lowest BCUT2D eigenvalue weighted by Crippen LogP contribution is -2.76. The maximum Gasteiger partial charge on any atom is 0.190 e. The van der Waals surface area contributed by atoms with Crippen molar-refractivity contribution in [3.63, 3.8) is 0 Å². The van der Waals surface area contributed by atoms with E-state index >= 15 is 0 Å². The van der Waals surface area contributed by atoms with Gasteiger partial charge in [-0.1, -0.05) is 82.8 Å². The van der Waals surface area contributed by atoms with Crippen LogP contribution in [-0.4, -0.2) is 44.7 Å². The Kier molecular flexibility index (Phi) is 7.36. The lowest BCUT2D eigenvalue weighted by atomic mass is 9.40. The van der Waals surface area contributed by atoms with Crippen molar-refractivity contribution >= 4 is 28.9 Å². The Morgan fingerprint density at radius 3 is 2.28 bits per heavy atom. The largest absolute Gasteiger partial charge is 0.507 e. The Hall–Kier alpha value is -4.23. The minimum atomic E-state index is -2.71. The highest BCUT2D eigenvalue weighted by Gasteiger charge is 2.76. The first-order valence-electron chi connectivity index (χ1n) is 15.9. The topological polar surface area (TPSA) is 126 Å². The molecule has 7 nitrogen and oxygen atoms in total. The number of carbonyl (C=O) groups excluding carboxylic acids is 5. The van der Waals surface area contributed by atoms with Gasteiger partial charge in [0.2, 0.25) is 0 Å². The lowest BCUT2D eigenvalue weighted by molar-refractivity contribution is -0.205. The van der Waals surface area contributed by atoms with E-state index in [9.17, 15) is 34.2 Å². The normalized spacial score (nSPS) is 31.8. The molecule has 238 valence electrons. The number of carbonyl (C=O) groups is 5. The monoisotopic (exact) mass is 620 g/mol. The van der Waals surface area contributed by atoms with Crippen LogP contribution in [0.5, 0.6) is 5.75 Å². The molecule has 0 heterocycles. The molecule has 2 fully saturated rings. The zero-order valence-electron chi connectivity index (χ0n) is 27.0. The van der Waals surface area contributed by atoms with Gasteiger partial charge in [-0.25, -0.2) is 0 Å². The Bertz CT molecular complexity index is 1810. The Morgan fingerprint density at radius 1 is 1.02 bits per heavy atom. The quantitative estimate of drug-likeness (QED) is 0.394. The summed E-state index contributed by atoms with van der Waals surface area (Å²) in [5.41, 5.74) is 0.155. The number of rotatable bonds is 6. The molecule has 46 heavy (non-hydrogen) atoms. The third-order valence-corrected chi connectivity index (χ3v) is 11.2. The third kappa shape index (κ3) is 4.31. The van der Waals surface area contributed by atoms with E-state index in [1.807, 2.05) is 30.3 Å². The molecule has 0 amide bonds. The van der Waals surface area contributed by atoms with Crippen molar-refractivity contribution in [2.24, 2.45) is 34.5 Å². The lowest BCUT2D eigenvalue weighted by Gasteiger charge is -2.61. The molecule has 7 heteroatoms. The van der Waals surface area contributed by atoms with Crippen molar-refractivity contribution < 1.29 is 34.2 Å². The number of fused-ring (bicyclic) bond motifs is 3. The molecule has 2 aromatic rings. The number of aliphatic hydroxyl groups is 1. The van der Waals surface area contributed by atoms with E-state index in [0.29, 0.717) is 12.0 Å². The standard InChI is InChI=1S/C39H40O7/c1-20(2)31-33(42)29(22(4)40)35(44)39(46)36(45)32-34(43)30-27(18-37(32,5)19-38(31,39)6)26(15-16-28(30)41)25-13-11-23(12-14-25)17-21(3)24-9-7-8-10-24/h7-9,11-16,20,29,31-32,41,46H,3,10,17-19H2,1-2,4-6H3/t29?,31?,32?,37-,38-,39+/m1/s1. The molecule has 3 unspecified atom stereocenters. The van der Waals surface area contributed by atoms with Crippen LogP contribution in [0, 0.1) is 34.5 Å². The molecule has 2 saturated carbocycles. The first-order chi connectivity index (χ1) is 21.6. The van der Waals surface area contributed by atoms with Crippen molar-refractivity contribution in [1.82, 2.24) is 0 Å². The molecule has 0 aromatic heterocycles. The van der Waals surface area contributed by atoms with Crippen LogP contribution >= 0.6 is 0 Å². The molecule has 0 aliphatic heterocycles. The molecule has 4 aliphatic rings. The SMILES string of the molecule is C=C(Cc1ccc(-c2ccc(O)c3c2C[C@]2(C)C[C@]4(C)C(C(C)C)C(=O)C(C(C)=O)C(=O)[C@]4(O)C(=O)C2C3=O)cc1)C1=CC=CC1. The van der Waals surface area contributed by atoms with Gasteiger partial charge < -0.3 is 10.2 Å². The van der Waals surface area contributed by atoms with Gasteiger partial charge in [0.15, 0.2) is 28.7 Å². The smallest absolute Gasteiger partial charge is 0.190 e. The predicted molar refractivity (Wildman–Crippen MR) is 173 cm³/mol. The second-order valence-electron chi connectivity index (χ2n) is 14.6. The second-order valence-corrected chi connectivity index (χ2v) is 14.6. The predicted octanol–water partition coefficient (Wildman–Crippen LogP) is 5.74. The van der Waals surface area contributed by atoms with Gasteiger partial charge in [-0.05, 0) is 83.4 Å². The molecular weight excluding hydrogens is 580 g/mol. The van der Waals surface area contributed by atoms with Crippen molar-refractivity contribution in [1.29, 1.82) is 0 Å². The van der Waals surface area contributed by atoms with Gasteiger partial charge in [-0.2, -0.15) is 0 Å². The maximum atomic E-state index is 14.5. The summed E-state index contributed by atoms with van der Waals surface area (Å²) < 4.78 is 0.